The van der Waals surface area contributed by atoms with E-state index in [1.807, 2.05) is 12.1 Å². The summed E-state index contributed by atoms with van der Waals surface area (Å²) in [6.45, 7) is 1.22. The van der Waals surface area contributed by atoms with Gasteiger partial charge in [-0.25, -0.2) is 9.78 Å². The summed E-state index contributed by atoms with van der Waals surface area (Å²) < 4.78 is 1.46. The van der Waals surface area contributed by atoms with Crippen LogP contribution in [0.15, 0.2) is 35.4 Å². The van der Waals surface area contributed by atoms with Crippen molar-refractivity contribution in [3.05, 3.63) is 63.3 Å². The first-order chi connectivity index (χ1) is 11.6. The number of carbonyl (C=O) groups excluding carboxylic acids is 1. The van der Waals surface area contributed by atoms with Gasteiger partial charge in [0.15, 0.2) is 0 Å². The molecule has 2 aromatic rings. The molecule has 0 saturated carbocycles. The van der Waals surface area contributed by atoms with Crippen molar-refractivity contribution in [1.82, 2.24) is 19.8 Å². The van der Waals surface area contributed by atoms with Gasteiger partial charge in [-0.1, -0.05) is 12.1 Å². The monoisotopic (exact) mass is 323 g/mol. The van der Waals surface area contributed by atoms with Crippen molar-refractivity contribution in [3.63, 3.8) is 0 Å². The molecule has 0 spiro atoms. The molecule has 0 aliphatic carbocycles. The number of hydrogen-bond donors (Lipinski definition) is 1. The van der Waals surface area contributed by atoms with E-state index in [4.69, 9.17) is 5.26 Å². The summed E-state index contributed by atoms with van der Waals surface area (Å²) in [5.41, 5.74) is 2.82. The van der Waals surface area contributed by atoms with Gasteiger partial charge in [-0.3, -0.25) is 4.79 Å². The van der Waals surface area contributed by atoms with Crippen LogP contribution in [-0.2, 0) is 26.6 Å². The standard InChI is InChI=1S/C17H17N5O2/c1-21-11-20-15-10-22(7-6-14(15)16(21)23)17(24)19-9-13-4-2-12(8-18)3-5-13/h2-5,11H,6-7,9-10H2,1H3,(H,19,24). The van der Waals surface area contributed by atoms with E-state index >= 15 is 0 Å². The lowest BCUT2D eigenvalue weighted by molar-refractivity contribution is 0.190. The summed E-state index contributed by atoms with van der Waals surface area (Å²) in [4.78, 5) is 30.3. The fourth-order valence-corrected chi connectivity index (χ4v) is 2.68. The van der Waals surface area contributed by atoms with Crippen molar-refractivity contribution in [2.75, 3.05) is 6.54 Å². The number of nitrogens with one attached hydrogen (secondary N) is 1. The molecule has 2 amide bonds. The second-order valence-corrected chi connectivity index (χ2v) is 5.72. The van der Waals surface area contributed by atoms with E-state index in [1.54, 1.807) is 24.1 Å². The van der Waals surface area contributed by atoms with E-state index < -0.39 is 0 Å². The molecule has 7 nitrogen and oxygen atoms in total. The summed E-state index contributed by atoms with van der Waals surface area (Å²) in [7, 11) is 1.67. The number of nitriles is 1. The van der Waals surface area contributed by atoms with E-state index in [0.717, 1.165) is 5.56 Å². The summed E-state index contributed by atoms with van der Waals surface area (Å²) in [5, 5.41) is 11.6. The highest BCUT2D eigenvalue weighted by atomic mass is 16.2. The normalized spacial score (nSPS) is 13.1. The zero-order valence-electron chi connectivity index (χ0n) is 13.3. The molecule has 7 heteroatoms. The molecule has 0 unspecified atom stereocenters. The molecule has 0 saturated heterocycles. The van der Waals surface area contributed by atoms with E-state index in [2.05, 4.69) is 16.4 Å². The third-order valence-electron chi connectivity index (χ3n) is 4.10. The molecule has 1 aromatic heterocycles. The summed E-state index contributed by atoms with van der Waals surface area (Å²) in [6.07, 6.45) is 2.00. The number of urea groups is 1. The Kier molecular flexibility index (Phi) is 4.29. The average Bonchev–Trinajstić information content (AvgIpc) is 2.63. The largest absolute Gasteiger partial charge is 0.334 e. The Morgan fingerprint density at radius 1 is 1.38 bits per heavy atom. The second-order valence-electron chi connectivity index (χ2n) is 5.72. The van der Waals surface area contributed by atoms with Gasteiger partial charge in [0.05, 0.1) is 30.2 Å². The van der Waals surface area contributed by atoms with Crippen molar-refractivity contribution < 1.29 is 4.79 Å². The second kappa shape index (κ2) is 6.54. The molecule has 1 aliphatic heterocycles. The van der Waals surface area contributed by atoms with Crippen LogP contribution in [0, 0.1) is 11.3 Å². The molecule has 1 aromatic carbocycles. The van der Waals surface area contributed by atoms with Crippen LogP contribution in [-0.4, -0.2) is 27.0 Å². The highest BCUT2D eigenvalue weighted by molar-refractivity contribution is 5.74. The molecular weight excluding hydrogens is 306 g/mol. The number of hydrogen-bond acceptors (Lipinski definition) is 4. The fourth-order valence-electron chi connectivity index (χ4n) is 2.68. The Morgan fingerprint density at radius 2 is 2.12 bits per heavy atom. The van der Waals surface area contributed by atoms with Crippen LogP contribution in [0.2, 0.25) is 0 Å². The van der Waals surface area contributed by atoms with Crippen molar-refractivity contribution in [2.24, 2.45) is 7.05 Å². The van der Waals surface area contributed by atoms with Crippen LogP contribution in [0.4, 0.5) is 4.79 Å². The lowest BCUT2D eigenvalue weighted by Gasteiger charge is -2.28. The smallest absolute Gasteiger partial charge is 0.318 e. The number of benzene rings is 1. The predicted octanol–water partition coefficient (Wildman–Crippen LogP) is 0.920. The lowest BCUT2D eigenvalue weighted by atomic mass is 10.1. The van der Waals surface area contributed by atoms with Gasteiger partial charge in [0.1, 0.15) is 0 Å². The third kappa shape index (κ3) is 3.13. The molecule has 0 radical (unpaired) electrons. The summed E-state index contributed by atoms with van der Waals surface area (Å²) >= 11 is 0. The zero-order chi connectivity index (χ0) is 17.1. The molecule has 24 heavy (non-hydrogen) atoms. The third-order valence-corrected chi connectivity index (χ3v) is 4.10. The number of rotatable bonds is 2. The van der Waals surface area contributed by atoms with Crippen LogP contribution in [0.1, 0.15) is 22.4 Å². The van der Waals surface area contributed by atoms with Crippen molar-refractivity contribution in [2.45, 2.75) is 19.5 Å². The van der Waals surface area contributed by atoms with Crippen LogP contribution in [0.3, 0.4) is 0 Å². The van der Waals surface area contributed by atoms with Gasteiger partial charge in [-0.15, -0.1) is 0 Å². The molecule has 1 aliphatic rings. The van der Waals surface area contributed by atoms with Gasteiger partial charge >= 0.3 is 6.03 Å². The van der Waals surface area contributed by atoms with Crippen LogP contribution >= 0.6 is 0 Å². The van der Waals surface area contributed by atoms with E-state index in [1.165, 1.54) is 10.9 Å². The maximum absolute atomic E-state index is 12.3. The minimum absolute atomic E-state index is 0.0439. The Labute approximate surface area is 139 Å². The van der Waals surface area contributed by atoms with Gasteiger partial charge in [0, 0.05) is 25.7 Å². The minimum Gasteiger partial charge on any atom is -0.334 e. The quantitative estimate of drug-likeness (QED) is 0.889. The van der Waals surface area contributed by atoms with E-state index in [-0.39, 0.29) is 11.6 Å². The summed E-state index contributed by atoms with van der Waals surface area (Å²) in [5.74, 6) is 0. The number of fused-ring (bicyclic) bond motifs is 1. The number of aryl methyl sites for hydroxylation is 1. The molecule has 0 atom stereocenters. The van der Waals surface area contributed by atoms with E-state index in [9.17, 15) is 9.59 Å². The SMILES string of the molecule is Cn1cnc2c(c1=O)CCN(C(=O)NCc1ccc(C#N)cc1)C2. The van der Waals surface area contributed by atoms with Gasteiger partial charge in [-0.2, -0.15) is 5.26 Å². The van der Waals surface area contributed by atoms with Crippen LogP contribution < -0.4 is 10.9 Å². The number of nitrogens with zero attached hydrogens (tertiary/aromatic N) is 4. The molecule has 1 N–H and O–H groups in total. The number of aromatic nitrogens is 2. The van der Waals surface area contributed by atoms with Gasteiger partial charge < -0.3 is 14.8 Å². The molecule has 3 rings (SSSR count). The average molecular weight is 323 g/mol. The zero-order valence-corrected chi connectivity index (χ0v) is 13.3. The van der Waals surface area contributed by atoms with Gasteiger partial charge in [0.25, 0.3) is 5.56 Å². The van der Waals surface area contributed by atoms with Crippen molar-refractivity contribution in [3.8, 4) is 6.07 Å². The number of carbonyl (C=O) groups is 1. The molecule has 2 heterocycles. The van der Waals surface area contributed by atoms with Crippen molar-refractivity contribution >= 4 is 6.03 Å². The van der Waals surface area contributed by atoms with Crippen LogP contribution in [0.5, 0.6) is 0 Å². The molecule has 0 bridgehead atoms. The fraction of sp³-hybridized carbons (Fsp3) is 0.294. The van der Waals surface area contributed by atoms with Gasteiger partial charge in [-0.05, 0) is 24.1 Å². The van der Waals surface area contributed by atoms with Crippen LogP contribution in [0.25, 0.3) is 0 Å². The molecule has 0 fully saturated rings. The Morgan fingerprint density at radius 3 is 2.83 bits per heavy atom. The minimum atomic E-state index is -0.188. The Hall–Kier alpha value is -3.14. The van der Waals surface area contributed by atoms with E-state index in [0.29, 0.717) is 42.9 Å². The van der Waals surface area contributed by atoms with Crippen molar-refractivity contribution in [1.29, 1.82) is 5.26 Å². The highest BCUT2D eigenvalue weighted by Crippen LogP contribution is 2.13. The first kappa shape index (κ1) is 15.7. The van der Waals surface area contributed by atoms with Gasteiger partial charge in [0.2, 0.25) is 0 Å². The molecule has 122 valence electrons. The topological polar surface area (TPSA) is 91.0 Å². The first-order valence-corrected chi connectivity index (χ1v) is 7.63. The maximum atomic E-state index is 12.3. The Balaban J connectivity index is 1.63. The first-order valence-electron chi connectivity index (χ1n) is 7.63. The number of amides is 2. The molecular formula is C17H17N5O2. The Bertz CT molecular complexity index is 864. The maximum Gasteiger partial charge on any atom is 0.318 e. The summed E-state index contributed by atoms with van der Waals surface area (Å²) in [6, 6.07) is 8.94. The predicted molar refractivity (Wildman–Crippen MR) is 87.0 cm³/mol. The highest BCUT2D eigenvalue weighted by Gasteiger charge is 2.23. The lowest BCUT2D eigenvalue weighted by Crippen LogP contribution is -2.44.